The van der Waals surface area contributed by atoms with Crippen LogP contribution in [0.3, 0.4) is 0 Å². The molecule has 0 aliphatic carbocycles. The van der Waals surface area contributed by atoms with Crippen molar-refractivity contribution < 1.29 is 13.3 Å². The number of para-hydroxylation sites is 2. The lowest BCUT2D eigenvalue weighted by molar-refractivity contribution is 0.611. The molecule has 0 saturated heterocycles. The van der Waals surface area contributed by atoms with Crippen molar-refractivity contribution in [3.63, 3.8) is 0 Å². The Balaban J connectivity index is 1.32. The molecule has 9 rings (SSSR count). The Morgan fingerprint density at radius 2 is 1.00 bits per heavy atom. The number of hydrogen-bond donors (Lipinski definition) is 0. The first-order valence-electron chi connectivity index (χ1n) is 13.2. The molecule has 9 aromatic rings. The van der Waals surface area contributed by atoms with E-state index in [1.165, 1.54) is 0 Å². The van der Waals surface area contributed by atoms with Crippen LogP contribution in [0.2, 0.25) is 0 Å². The van der Waals surface area contributed by atoms with E-state index in [9.17, 15) is 0 Å². The predicted molar refractivity (Wildman–Crippen MR) is 161 cm³/mol. The highest BCUT2D eigenvalue weighted by Gasteiger charge is 2.22. The van der Waals surface area contributed by atoms with Crippen molar-refractivity contribution in [2.45, 2.75) is 0 Å². The van der Waals surface area contributed by atoms with Crippen LogP contribution in [0.5, 0.6) is 0 Å². The molecule has 0 spiro atoms. The van der Waals surface area contributed by atoms with Gasteiger partial charge in [-0.15, -0.1) is 0 Å². The van der Waals surface area contributed by atoms with Crippen LogP contribution >= 0.6 is 0 Å². The van der Waals surface area contributed by atoms with Crippen molar-refractivity contribution in [2.75, 3.05) is 4.90 Å². The number of benzene rings is 6. The second kappa shape index (κ2) is 7.98. The van der Waals surface area contributed by atoms with Gasteiger partial charge >= 0.3 is 6.01 Å². The summed E-state index contributed by atoms with van der Waals surface area (Å²) in [5.74, 6) is 0. The third-order valence-electron chi connectivity index (χ3n) is 7.70. The normalized spacial score (nSPS) is 12.0. The Bertz CT molecular complexity index is 2280. The molecule has 5 nitrogen and oxygen atoms in total. The van der Waals surface area contributed by atoms with Crippen LogP contribution in [-0.2, 0) is 0 Å². The molecule has 0 N–H and O–H groups in total. The molecule has 0 atom stereocenters. The minimum absolute atomic E-state index is 0.491. The van der Waals surface area contributed by atoms with Crippen molar-refractivity contribution in [3.8, 4) is 0 Å². The summed E-state index contributed by atoms with van der Waals surface area (Å²) in [5.41, 5.74) is 6.81. The molecule has 3 heterocycles. The van der Waals surface area contributed by atoms with Gasteiger partial charge < -0.3 is 13.3 Å². The molecular formula is C35H20N2O3. The van der Waals surface area contributed by atoms with Gasteiger partial charge in [0.15, 0.2) is 5.58 Å². The summed E-state index contributed by atoms with van der Waals surface area (Å²) in [4.78, 5) is 7.06. The summed E-state index contributed by atoms with van der Waals surface area (Å²) in [6, 6.07) is 41.5. The summed E-state index contributed by atoms with van der Waals surface area (Å²) < 4.78 is 18.8. The second-order valence-electron chi connectivity index (χ2n) is 10.0. The summed E-state index contributed by atoms with van der Waals surface area (Å²) in [6.45, 7) is 0. The van der Waals surface area contributed by atoms with E-state index in [-0.39, 0.29) is 0 Å². The van der Waals surface area contributed by atoms with Crippen LogP contribution in [0.25, 0.3) is 65.7 Å². The Kier molecular flexibility index (Phi) is 4.27. The number of fused-ring (bicyclic) bond motifs is 9. The van der Waals surface area contributed by atoms with Gasteiger partial charge in [-0.3, -0.25) is 4.90 Å². The van der Waals surface area contributed by atoms with Gasteiger partial charge in [0.2, 0.25) is 0 Å². The molecule has 0 aliphatic heterocycles. The molecular weight excluding hydrogens is 496 g/mol. The highest BCUT2D eigenvalue weighted by atomic mass is 16.4. The summed E-state index contributed by atoms with van der Waals surface area (Å²) in [5, 5.41) is 6.36. The molecule has 0 fully saturated rings. The maximum Gasteiger partial charge on any atom is 0.307 e. The molecule has 0 amide bonds. The zero-order valence-corrected chi connectivity index (χ0v) is 21.2. The van der Waals surface area contributed by atoms with E-state index in [2.05, 4.69) is 59.5 Å². The first-order chi connectivity index (χ1) is 19.8. The van der Waals surface area contributed by atoms with Gasteiger partial charge in [-0.05, 0) is 60.0 Å². The summed E-state index contributed by atoms with van der Waals surface area (Å²) in [6.07, 6.45) is 0. The third kappa shape index (κ3) is 3.06. The Morgan fingerprint density at radius 3 is 1.65 bits per heavy atom. The lowest BCUT2D eigenvalue weighted by atomic mass is 10.1. The van der Waals surface area contributed by atoms with E-state index < -0.39 is 0 Å². The van der Waals surface area contributed by atoms with Crippen LogP contribution in [0.1, 0.15) is 0 Å². The standard InChI is InChI=1S/C35H20N2O3/c1-2-8-24-21(7-1)13-16-29-34(24)40-35(36-29)37(22-14-17-32-27(19-22)25-9-3-5-11-30(25)38-32)23-15-18-33-28(20-23)26-10-4-6-12-31(26)39-33/h1-20H. The maximum atomic E-state index is 6.58. The Labute approximate surface area is 227 Å². The van der Waals surface area contributed by atoms with Gasteiger partial charge in [-0.25, -0.2) is 0 Å². The highest BCUT2D eigenvalue weighted by molar-refractivity contribution is 6.09. The van der Waals surface area contributed by atoms with Crippen LogP contribution in [0.15, 0.2) is 135 Å². The molecule has 3 aromatic heterocycles. The Morgan fingerprint density at radius 1 is 0.450 bits per heavy atom. The average Bonchev–Trinajstić information content (AvgIpc) is 3.70. The number of oxazole rings is 1. The molecule has 5 heteroatoms. The molecule has 6 aromatic carbocycles. The molecule has 0 bridgehead atoms. The average molecular weight is 517 g/mol. The molecule has 40 heavy (non-hydrogen) atoms. The fourth-order valence-corrected chi connectivity index (χ4v) is 5.82. The van der Waals surface area contributed by atoms with Crippen molar-refractivity contribution in [1.82, 2.24) is 4.98 Å². The first-order valence-corrected chi connectivity index (χ1v) is 13.2. The lowest BCUT2D eigenvalue weighted by Crippen LogP contribution is -2.10. The topological polar surface area (TPSA) is 55.6 Å². The van der Waals surface area contributed by atoms with Crippen LogP contribution < -0.4 is 4.90 Å². The van der Waals surface area contributed by atoms with Crippen molar-refractivity contribution in [3.05, 3.63) is 121 Å². The fourth-order valence-electron chi connectivity index (χ4n) is 5.82. The maximum absolute atomic E-state index is 6.58. The van der Waals surface area contributed by atoms with Gasteiger partial charge in [0.1, 0.15) is 27.8 Å². The summed E-state index contributed by atoms with van der Waals surface area (Å²) in [7, 11) is 0. The number of hydrogen-bond acceptors (Lipinski definition) is 5. The number of aromatic nitrogens is 1. The molecule has 0 saturated carbocycles. The molecule has 0 unspecified atom stereocenters. The third-order valence-corrected chi connectivity index (χ3v) is 7.70. The summed E-state index contributed by atoms with van der Waals surface area (Å²) >= 11 is 0. The zero-order valence-electron chi connectivity index (χ0n) is 21.2. The van der Waals surface area contributed by atoms with Crippen LogP contribution in [-0.4, -0.2) is 4.98 Å². The van der Waals surface area contributed by atoms with E-state index in [1.54, 1.807) is 0 Å². The van der Waals surface area contributed by atoms with Gasteiger partial charge in [0.05, 0.1) is 11.4 Å². The van der Waals surface area contributed by atoms with Gasteiger partial charge in [0, 0.05) is 26.9 Å². The fraction of sp³-hybridized carbons (Fsp3) is 0. The number of furan rings is 2. The van der Waals surface area contributed by atoms with Gasteiger partial charge in [-0.2, -0.15) is 4.98 Å². The zero-order chi connectivity index (χ0) is 26.2. The quantitative estimate of drug-likeness (QED) is 0.234. The van der Waals surface area contributed by atoms with E-state index in [0.717, 1.165) is 77.1 Å². The number of nitrogens with zero attached hydrogens (tertiary/aromatic N) is 2. The van der Waals surface area contributed by atoms with Gasteiger partial charge in [0.25, 0.3) is 0 Å². The first kappa shape index (κ1) is 21.4. The van der Waals surface area contributed by atoms with Gasteiger partial charge in [-0.1, -0.05) is 66.7 Å². The van der Waals surface area contributed by atoms with E-state index in [1.807, 2.05) is 66.7 Å². The minimum atomic E-state index is 0.491. The van der Waals surface area contributed by atoms with Crippen molar-refractivity contribution >= 4 is 83.1 Å². The molecule has 188 valence electrons. The smallest absolute Gasteiger partial charge is 0.307 e. The number of anilines is 3. The number of rotatable bonds is 3. The van der Waals surface area contributed by atoms with E-state index in [4.69, 9.17) is 18.2 Å². The largest absolute Gasteiger partial charge is 0.456 e. The van der Waals surface area contributed by atoms with Crippen LogP contribution in [0.4, 0.5) is 17.4 Å². The predicted octanol–water partition coefficient (Wildman–Crippen LogP) is 10.2. The lowest BCUT2D eigenvalue weighted by Gasteiger charge is -2.21. The Hall–Kier alpha value is -5.55. The molecule has 0 radical (unpaired) electrons. The monoisotopic (exact) mass is 516 g/mol. The van der Waals surface area contributed by atoms with E-state index in [0.29, 0.717) is 6.01 Å². The SMILES string of the molecule is c1ccc2c(c1)ccc1nc(N(c3ccc4oc5ccccc5c4c3)c3ccc4oc5ccccc5c4c3)oc12. The molecule has 0 aliphatic rings. The van der Waals surface area contributed by atoms with Crippen LogP contribution in [0, 0.1) is 0 Å². The van der Waals surface area contributed by atoms with E-state index >= 15 is 0 Å². The second-order valence-corrected chi connectivity index (χ2v) is 10.0. The highest BCUT2D eigenvalue weighted by Crippen LogP contribution is 2.42. The van der Waals surface area contributed by atoms with Crippen molar-refractivity contribution in [2.24, 2.45) is 0 Å². The minimum Gasteiger partial charge on any atom is -0.456 e. The van der Waals surface area contributed by atoms with Crippen molar-refractivity contribution in [1.29, 1.82) is 0 Å².